The largest absolute Gasteiger partial charge is 0.341 e. The topological polar surface area (TPSA) is 46.3 Å². The summed E-state index contributed by atoms with van der Waals surface area (Å²) >= 11 is 5.89. The third kappa shape index (κ3) is 4.78. The van der Waals surface area contributed by atoms with E-state index in [9.17, 15) is 4.79 Å². The van der Waals surface area contributed by atoms with Crippen LogP contribution in [-0.4, -0.2) is 56.2 Å². The first-order chi connectivity index (χ1) is 15.1. The number of rotatable bonds is 5. The van der Waals surface area contributed by atoms with Crippen molar-refractivity contribution in [1.82, 2.24) is 24.1 Å². The molecule has 1 saturated heterocycles. The predicted molar refractivity (Wildman–Crippen MR) is 126 cm³/mol. The van der Waals surface area contributed by atoms with Gasteiger partial charge in [0, 0.05) is 43.9 Å². The van der Waals surface area contributed by atoms with Crippen LogP contribution in [-0.2, 0) is 11.5 Å². The van der Waals surface area contributed by atoms with Crippen molar-refractivity contribution in [3.8, 4) is 17.1 Å². The number of nitrogens with zero attached hydrogens (tertiary/aromatic N) is 5. The van der Waals surface area contributed by atoms with Crippen molar-refractivity contribution >= 4 is 18.1 Å². The third-order valence-corrected chi connectivity index (χ3v) is 6.13. The van der Waals surface area contributed by atoms with E-state index in [0.717, 1.165) is 49.7 Å². The Hall–Kier alpha value is -2.77. The average molecular weight is 436 g/mol. The zero-order valence-electron chi connectivity index (χ0n) is 18.2. The van der Waals surface area contributed by atoms with E-state index in [4.69, 9.17) is 17.3 Å². The maximum atomic E-state index is 12.1. The molecule has 0 atom stereocenters. The van der Waals surface area contributed by atoms with Crippen LogP contribution in [0.2, 0.25) is 0 Å². The van der Waals surface area contributed by atoms with Gasteiger partial charge in [0.05, 0.1) is 6.67 Å². The van der Waals surface area contributed by atoms with E-state index in [1.807, 2.05) is 34.7 Å². The first kappa shape index (κ1) is 21.5. The number of benzene rings is 2. The number of aromatic nitrogens is 3. The molecule has 1 amide bonds. The summed E-state index contributed by atoms with van der Waals surface area (Å²) in [5.41, 5.74) is 3.25. The average Bonchev–Trinajstić information content (AvgIpc) is 2.96. The van der Waals surface area contributed by atoms with Gasteiger partial charge in [-0.15, -0.1) is 5.10 Å². The minimum absolute atomic E-state index is 0.230. The summed E-state index contributed by atoms with van der Waals surface area (Å²) in [5, 5.41) is 4.93. The summed E-state index contributed by atoms with van der Waals surface area (Å²) in [5.74, 6) is 1.07. The normalized spacial score (nSPS) is 15.1. The van der Waals surface area contributed by atoms with Crippen LogP contribution >= 0.6 is 12.2 Å². The number of hydrogen-bond acceptors (Lipinski definition) is 4. The summed E-state index contributed by atoms with van der Waals surface area (Å²) in [4.78, 5) is 16.4. The van der Waals surface area contributed by atoms with E-state index < -0.39 is 0 Å². The molecular formula is C24H29N5OS. The highest BCUT2D eigenvalue weighted by Crippen LogP contribution is 2.23. The molecule has 31 heavy (non-hydrogen) atoms. The van der Waals surface area contributed by atoms with Gasteiger partial charge in [-0.3, -0.25) is 14.3 Å². The van der Waals surface area contributed by atoms with Crippen molar-refractivity contribution in [2.24, 2.45) is 0 Å². The number of carbonyl (C=O) groups is 1. The van der Waals surface area contributed by atoms with E-state index >= 15 is 0 Å². The van der Waals surface area contributed by atoms with Gasteiger partial charge in [0.1, 0.15) is 0 Å². The summed E-state index contributed by atoms with van der Waals surface area (Å²) in [6.45, 7) is 7.94. The number of hydrogen-bond donors (Lipinski definition) is 0. The minimum Gasteiger partial charge on any atom is -0.341 e. The molecule has 1 aromatic heterocycles. The molecular weight excluding hydrogens is 406 g/mol. The van der Waals surface area contributed by atoms with Crippen molar-refractivity contribution in [2.75, 3.05) is 26.2 Å². The summed E-state index contributed by atoms with van der Waals surface area (Å²) < 4.78 is 4.64. The van der Waals surface area contributed by atoms with Gasteiger partial charge < -0.3 is 4.90 Å². The quantitative estimate of drug-likeness (QED) is 0.561. The third-order valence-electron chi connectivity index (χ3n) is 5.74. The van der Waals surface area contributed by atoms with E-state index in [0.29, 0.717) is 17.9 Å². The molecule has 0 saturated carbocycles. The molecule has 0 spiro atoms. The first-order valence-corrected chi connectivity index (χ1v) is 11.3. The van der Waals surface area contributed by atoms with Crippen LogP contribution in [0.15, 0.2) is 54.6 Å². The lowest BCUT2D eigenvalue weighted by molar-refractivity contribution is -0.130. The Morgan fingerprint density at radius 1 is 1.00 bits per heavy atom. The van der Waals surface area contributed by atoms with Crippen LogP contribution in [0, 0.1) is 11.7 Å². The second-order valence-corrected chi connectivity index (χ2v) is 8.36. The van der Waals surface area contributed by atoms with E-state index in [2.05, 4.69) is 52.8 Å². The molecule has 6 nitrogen and oxygen atoms in total. The molecule has 2 heterocycles. The van der Waals surface area contributed by atoms with Gasteiger partial charge in [-0.2, -0.15) is 0 Å². The number of carbonyl (C=O) groups excluding carboxylic acids is 1. The highest BCUT2D eigenvalue weighted by molar-refractivity contribution is 7.71. The lowest BCUT2D eigenvalue weighted by atomic mass is 10.2. The lowest BCUT2D eigenvalue weighted by Crippen LogP contribution is -2.35. The molecule has 0 unspecified atom stereocenters. The molecule has 3 aromatic rings. The standard InChI is InChI=1S/C24H29N5OS/c1-3-22(30)27-15-7-14-26(16-17-27)18-28-24(31)29(21-12-10-19(2)11-13-21)23(25-28)20-8-5-4-6-9-20/h4-6,8-13H,3,7,14-18H2,1-2H3. The molecule has 0 radical (unpaired) electrons. The van der Waals surface area contributed by atoms with E-state index in [1.54, 1.807) is 0 Å². The predicted octanol–water partition coefficient (Wildman–Crippen LogP) is 4.28. The number of aryl methyl sites for hydroxylation is 1. The Kier molecular flexibility index (Phi) is 6.63. The Morgan fingerprint density at radius 2 is 1.74 bits per heavy atom. The van der Waals surface area contributed by atoms with Crippen LogP contribution in [0.3, 0.4) is 0 Å². The van der Waals surface area contributed by atoms with E-state index in [1.165, 1.54) is 5.56 Å². The summed E-state index contributed by atoms with van der Waals surface area (Å²) in [7, 11) is 0. The molecule has 1 aliphatic rings. The molecule has 1 aliphatic heterocycles. The maximum Gasteiger partial charge on any atom is 0.222 e. The first-order valence-electron chi connectivity index (χ1n) is 10.9. The summed E-state index contributed by atoms with van der Waals surface area (Å²) in [6, 6.07) is 18.5. The van der Waals surface area contributed by atoms with Gasteiger partial charge in [-0.25, -0.2) is 4.68 Å². The van der Waals surface area contributed by atoms with Gasteiger partial charge >= 0.3 is 0 Å². The van der Waals surface area contributed by atoms with Crippen molar-refractivity contribution in [3.05, 3.63) is 64.9 Å². The van der Waals surface area contributed by atoms with E-state index in [-0.39, 0.29) is 5.91 Å². The van der Waals surface area contributed by atoms with Crippen molar-refractivity contribution in [3.63, 3.8) is 0 Å². The zero-order chi connectivity index (χ0) is 21.8. The SMILES string of the molecule is CCC(=O)N1CCCN(Cn2nc(-c3ccccc3)n(-c3ccc(C)cc3)c2=S)CC1. The molecule has 1 fully saturated rings. The maximum absolute atomic E-state index is 12.1. The second kappa shape index (κ2) is 9.58. The van der Waals surface area contributed by atoms with Gasteiger partial charge in [0.2, 0.25) is 10.7 Å². The zero-order valence-corrected chi connectivity index (χ0v) is 19.0. The Bertz CT molecular complexity index is 1090. The van der Waals surface area contributed by atoms with Crippen LogP contribution in [0.5, 0.6) is 0 Å². The second-order valence-electron chi connectivity index (χ2n) is 7.99. The van der Waals surface area contributed by atoms with Crippen LogP contribution < -0.4 is 0 Å². The van der Waals surface area contributed by atoms with Crippen molar-refractivity contribution in [1.29, 1.82) is 0 Å². The highest BCUT2D eigenvalue weighted by Gasteiger charge is 2.20. The lowest BCUT2D eigenvalue weighted by Gasteiger charge is -2.21. The Balaban J connectivity index is 1.65. The molecule has 2 aromatic carbocycles. The fourth-order valence-corrected chi connectivity index (χ4v) is 4.27. The van der Waals surface area contributed by atoms with Crippen molar-refractivity contribution < 1.29 is 4.79 Å². The Labute approximate surface area is 188 Å². The van der Waals surface area contributed by atoms with Crippen LogP contribution in [0.4, 0.5) is 0 Å². The van der Waals surface area contributed by atoms with Gasteiger partial charge in [0.15, 0.2) is 5.82 Å². The highest BCUT2D eigenvalue weighted by atomic mass is 32.1. The monoisotopic (exact) mass is 435 g/mol. The van der Waals surface area contributed by atoms with Crippen LogP contribution in [0.1, 0.15) is 25.3 Å². The fraction of sp³-hybridized carbons (Fsp3) is 0.375. The smallest absolute Gasteiger partial charge is 0.222 e. The minimum atomic E-state index is 0.230. The van der Waals surface area contributed by atoms with Gasteiger partial charge in [-0.05, 0) is 37.7 Å². The van der Waals surface area contributed by atoms with Gasteiger partial charge in [-0.1, -0.05) is 55.0 Å². The molecule has 0 bridgehead atoms. The summed E-state index contributed by atoms with van der Waals surface area (Å²) in [6.07, 6.45) is 1.52. The molecule has 162 valence electrons. The van der Waals surface area contributed by atoms with Gasteiger partial charge in [0.25, 0.3) is 0 Å². The number of amides is 1. The Morgan fingerprint density at radius 3 is 2.45 bits per heavy atom. The molecule has 7 heteroatoms. The molecule has 0 N–H and O–H groups in total. The molecule has 0 aliphatic carbocycles. The fourth-order valence-electron chi connectivity index (χ4n) is 3.98. The molecule has 4 rings (SSSR count). The van der Waals surface area contributed by atoms with Crippen molar-refractivity contribution in [2.45, 2.75) is 33.4 Å². The van der Waals surface area contributed by atoms with Crippen LogP contribution in [0.25, 0.3) is 17.1 Å².